The maximum atomic E-state index is 13.3. The van der Waals surface area contributed by atoms with Crippen molar-refractivity contribution in [3.8, 4) is 0 Å². The monoisotopic (exact) mass is 1100 g/mol. The van der Waals surface area contributed by atoms with Crippen LogP contribution in [0.4, 0.5) is 0 Å². The Morgan fingerprint density at radius 3 is 1.10 bits per heavy atom. The van der Waals surface area contributed by atoms with Crippen LogP contribution >= 0.6 is 0 Å². The molecule has 0 saturated carbocycles. The number of nitrogens with one attached hydrogen (secondary N) is 1. The fraction of sp³-hybridized carbons (Fsp3) is 0.984. The molecule has 9 N–H and O–H groups in total. The molecule has 12 unspecified atom stereocenters. The Morgan fingerprint density at radius 1 is 0.416 bits per heavy atom. The molecule has 0 aromatic heterocycles. The summed E-state index contributed by atoms with van der Waals surface area (Å²) in [6, 6.07) is -0.823. The number of carbonyl (C=O) groups is 1. The van der Waals surface area contributed by atoms with Crippen molar-refractivity contribution >= 4 is 5.91 Å². The van der Waals surface area contributed by atoms with Crippen molar-refractivity contribution in [2.75, 3.05) is 19.8 Å². The van der Waals surface area contributed by atoms with Gasteiger partial charge in [-0.3, -0.25) is 4.79 Å². The largest absolute Gasteiger partial charge is 0.394 e. The second-order valence-electron chi connectivity index (χ2n) is 23.6. The fourth-order valence-corrected chi connectivity index (χ4v) is 11.3. The lowest BCUT2D eigenvalue weighted by atomic mass is 9.97. The molecule has 1 amide bonds. The van der Waals surface area contributed by atoms with Gasteiger partial charge in [-0.1, -0.05) is 284 Å². The second-order valence-corrected chi connectivity index (χ2v) is 23.6. The maximum absolute atomic E-state index is 13.3. The molecule has 2 fully saturated rings. The van der Waals surface area contributed by atoms with Crippen molar-refractivity contribution in [1.29, 1.82) is 0 Å². The van der Waals surface area contributed by atoms with E-state index < -0.39 is 86.8 Å². The molecule has 2 aliphatic heterocycles. The molecule has 14 nitrogen and oxygen atoms in total. The zero-order chi connectivity index (χ0) is 56.0. The Bertz CT molecular complexity index is 1300. The fourth-order valence-electron chi connectivity index (χ4n) is 11.3. The molecule has 14 heteroatoms. The van der Waals surface area contributed by atoms with Gasteiger partial charge in [-0.05, 0) is 12.8 Å². The van der Waals surface area contributed by atoms with E-state index in [-0.39, 0.29) is 12.5 Å². The molecular formula is C63H123NO13. The van der Waals surface area contributed by atoms with Crippen LogP contribution in [-0.4, -0.2) is 140 Å². The lowest BCUT2D eigenvalue weighted by molar-refractivity contribution is -0.359. The van der Waals surface area contributed by atoms with E-state index in [1.165, 1.54) is 225 Å². The quantitative estimate of drug-likeness (QED) is 0.0259. The Balaban J connectivity index is 1.70. The summed E-state index contributed by atoms with van der Waals surface area (Å²) in [6.07, 6.45) is 39.6. The highest BCUT2D eigenvalue weighted by molar-refractivity contribution is 5.76. The number of hydrogen-bond acceptors (Lipinski definition) is 13. The van der Waals surface area contributed by atoms with E-state index >= 15 is 0 Å². The van der Waals surface area contributed by atoms with Gasteiger partial charge in [0.05, 0.1) is 32.0 Å². The van der Waals surface area contributed by atoms with Gasteiger partial charge in [-0.15, -0.1) is 0 Å². The maximum Gasteiger partial charge on any atom is 0.220 e. The van der Waals surface area contributed by atoms with Crippen LogP contribution in [0.25, 0.3) is 0 Å². The zero-order valence-electron chi connectivity index (χ0n) is 49.5. The topological polar surface area (TPSA) is 228 Å². The van der Waals surface area contributed by atoms with Gasteiger partial charge < -0.3 is 65.1 Å². The van der Waals surface area contributed by atoms with Crippen LogP contribution in [-0.2, 0) is 23.7 Å². The zero-order valence-corrected chi connectivity index (χ0v) is 49.5. The normalized spacial score (nSPS) is 24.6. The first-order chi connectivity index (χ1) is 37.6. The third-order valence-corrected chi connectivity index (χ3v) is 16.6. The van der Waals surface area contributed by atoms with Crippen molar-refractivity contribution in [2.24, 2.45) is 0 Å². The van der Waals surface area contributed by atoms with Crippen molar-refractivity contribution in [3.63, 3.8) is 0 Å². The standard InChI is InChI=1S/C63H123NO13/c1-3-5-7-9-11-13-15-17-19-21-23-24-25-26-27-28-29-30-32-34-36-38-40-42-44-46-52(67)51(64-55(68)47-45-43-41-39-37-35-33-31-22-20-18-16-14-12-10-8-6-4-2)50-74-62-60(73)58(71)61(54(49-66)76-62)77-63-59(72)57(70)56(69)53(48-65)75-63/h51-54,56-63,65-67,69-73H,3-50H2,1-2H3,(H,64,68). The Kier molecular flexibility index (Phi) is 46.4. The number of unbranched alkanes of at least 4 members (excludes halogenated alkanes) is 41. The van der Waals surface area contributed by atoms with Gasteiger partial charge >= 0.3 is 0 Å². The van der Waals surface area contributed by atoms with Crippen LogP contribution in [0.15, 0.2) is 0 Å². The average Bonchev–Trinajstić information content (AvgIpc) is 3.44. The van der Waals surface area contributed by atoms with Gasteiger partial charge in [-0.25, -0.2) is 0 Å². The van der Waals surface area contributed by atoms with E-state index in [1.807, 2.05) is 0 Å². The Labute approximate surface area is 470 Å². The van der Waals surface area contributed by atoms with E-state index in [0.29, 0.717) is 12.8 Å². The average molecular weight is 1100 g/mol. The molecule has 77 heavy (non-hydrogen) atoms. The summed E-state index contributed by atoms with van der Waals surface area (Å²) in [5.74, 6) is -0.199. The number of aliphatic hydroxyl groups excluding tert-OH is 8. The Morgan fingerprint density at radius 2 is 0.740 bits per heavy atom. The molecule has 2 rings (SSSR count). The van der Waals surface area contributed by atoms with Crippen molar-refractivity contribution in [3.05, 3.63) is 0 Å². The van der Waals surface area contributed by atoms with Crippen LogP contribution < -0.4 is 5.32 Å². The van der Waals surface area contributed by atoms with Gasteiger partial charge in [0.25, 0.3) is 0 Å². The number of ether oxygens (including phenoxy) is 4. The van der Waals surface area contributed by atoms with Gasteiger partial charge in [0.2, 0.25) is 5.91 Å². The molecule has 0 aliphatic carbocycles. The summed E-state index contributed by atoms with van der Waals surface area (Å²) in [7, 11) is 0. The lowest BCUT2D eigenvalue weighted by Crippen LogP contribution is -2.65. The number of amides is 1. The molecule has 0 aromatic rings. The van der Waals surface area contributed by atoms with Gasteiger partial charge in [0, 0.05) is 6.42 Å². The van der Waals surface area contributed by atoms with Crippen LogP contribution in [0, 0.1) is 0 Å². The van der Waals surface area contributed by atoms with Crippen LogP contribution in [0.2, 0.25) is 0 Å². The highest BCUT2D eigenvalue weighted by Crippen LogP contribution is 2.30. The third-order valence-electron chi connectivity index (χ3n) is 16.6. The number of carbonyl (C=O) groups excluding carboxylic acids is 1. The minimum Gasteiger partial charge on any atom is -0.394 e. The number of aliphatic hydroxyl groups is 8. The lowest BCUT2D eigenvalue weighted by Gasteiger charge is -2.46. The minimum absolute atomic E-state index is 0.199. The molecule has 2 heterocycles. The van der Waals surface area contributed by atoms with E-state index in [9.17, 15) is 45.6 Å². The Hall–Kier alpha value is -1.01. The first-order valence-corrected chi connectivity index (χ1v) is 32.8. The summed E-state index contributed by atoms with van der Waals surface area (Å²) in [6.45, 7) is 2.92. The minimum atomic E-state index is -1.78. The summed E-state index contributed by atoms with van der Waals surface area (Å²) in [5, 5.41) is 87.4. The van der Waals surface area contributed by atoms with E-state index in [0.717, 1.165) is 51.4 Å². The summed E-state index contributed by atoms with van der Waals surface area (Å²) in [4.78, 5) is 13.3. The van der Waals surface area contributed by atoms with Gasteiger partial charge in [0.15, 0.2) is 12.6 Å². The first-order valence-electron chi connectivity index (χ1n) is 32.8. The van der Waals surface area contributed by atoms with E-state index in [1.54, 1.807) is 0 Å². The molecule has 0 bridgehead atoms. The summed E-state index contributed by atoms with van der Waals surface area (Å²) >= 11 is 0. The predicted octanol–water partition coefficient (Wildman–Crippen LogP) is 12.1. The molecule has 2 saturated heterocycles. The summed E-state index contributed by atoms with van der Waals surface area (Å²) < 4.78 is 22.9. The van der Waals surface area contributed by atoms with Crippen LogP contribution in [0.3, 0.4) is 0 Å². The molecule has 0 spiro atoms. The van der Waals surface area contributed by atoms with Gasteiger partial charge in [-0.2, -0.15) is 0 Å². The molecule has 12 atom stereocenters. The molecule has 0 radical (unpaired) electrons. The van der Waals surface area contributed by atoms with Crippen LogP contribution in [0.1, 0.15) is 303 Å². The van der Waals surface area contributed by atoms with E-state index in [2.05, 4.69) is 19.2 Å². The third kappa shape index (κ3) is 34.9. The number of hydrogen-bond donors (Lipinski definition) is 9. The van der Waals surface area contributed by atoms with Gasteiger partial charge in [0.1, 0.15) is 48.8 Å². The number of rotatable bonds is 54. The van der Waals surface area contributed by atoms with E-state index in [4.69, 9.17) is 18.9 Å². The van der Waals surface area contributed by atoms with Crippen LogP contribution in [0.5, 0.6) is 0 Å². The second kappa shape index (κ2) is 49.6. The van der Waals surface area contributed by atoms with Crippen molar-refractivity contribution < 1.29 is 64.6 Å². The highest BCUT2D eigenvalue weighted by Gasteiger charge is 2.51. The van der Waals surface area contributed by atoms with Crippen molar-refractivity contribution in [2.45, 2.75) is 376 Å². The first kappa shape index (κ1) is 72.1. The molecular weight excluding hydrogens is 979 g/mol. The van der Waals surface area contributed by atoms with Crippen molar-refractivity contribution in [1.82, 2.24) is 5.32 Å². The molecule has 0 aromatic carbocycles. The smallest absolute Gasteiger partial charge is 0.220 e. The summed E-state index contributed by atoms with van der Waals surface area (Å²) in [5.41, 5.74) is 0. The molecule has 458 valence electrons. The highest BCUT2D eigenvalue weighted by atomic mass is 16.7. The SMILES string of the molecule is CCCCCCCCCCCCCCCCCCCCCCCCCCCC(O)C(COC1OC(CO)C(OC2OC(CO)C(O)C(O)C2O)C(O)C1O)NC(=O)CCCCCCCCCCCCCCCCCCCC. The predicted molar refractivity (Wildman–Crippen MR) is 309 cm³/mol. The molecule has 2 aliphatic rings.